The van der Waals surface area contributed by atoms with E-state index in [2.05, 4.69) is 56.1 Å². The summed E-state index contributed by atoms with van der Waals surface area (Å²) in [5.41, 5.74) is 4.34. The van der Waals surface area contributed by atoms with Crippen molar-refractivity contribution in [2.75, 3.05) is 26.2 Å². The molecule has 2 atom stereocenters. The van der Waals surface area contributed by atoms with Gasteiger partial charge in [0.2, 0.25) is 0 Å². The van der Waals surface area contributed by atoms with Crippen LogP contribution in [0.1, 0.15) is 43.0 Å². The van der Waals surface area contributed by atoms with Crippen LogP contribution in [0.2, 0.25) is 0 Å². The van der Waals surface area contributed by atoms with Gasteiger partial charge in [-0.3, -0.25) is 4.90 Å². The number of rotatable bonds is 4. The molecule has 0 aromatic heterocycles. The van der Waals surface area contributed by atoms with Crippen molar-refractivity contribution < 1.29 is 0 Å². The minimum absolute atomic E-state index is 0.577. The third-order valence-corrected chi connectivity index (χ3v) is 4.47. The van der Waals surface area contributed by atoms with Gasteiger partial charge in [0.05, 0.1) is 0 Å². The summed E-state index contributed by atoms with van der Waals surface area (Å²) in [7, 11) is 0. The molecule has 1 N–H and O–H groups in total. The Balaban J connectivity index is 2.30. The predicted molar refractivity (Wildman–Crippen MR) is 82.6 cm³/mol. The first-order valence-electron chi connectivity index (χ1n) is 7.65. The number of hydrogen-bond acceptors (Lipinski definition) is 2. The van der Waals surface area contributed by atoms with Gasteiger partial charge in [-0.15, -0.1) is 0 Å². The molecule has 1 fully saturated rings. The van der Waals surface area contributed by atoms with Gasteiger partial charge in [-0.1, -0.05) is 44.0 Å². The van der Waals surface area contributed by atoms with Gasteiger partial charge in [-0.2, -0.15) is 0 Å². The van der Waals surface area contributed by atoms with Crippen molar-refractivity contribution in [3.8, 4) is 0 Å². The fourth-order valence-corrected chi connectivity index (χ4v) is 3.20. The van der Waals surface area contributed by atoms with Crippen molar-refractivity contribution in [1.29, 1.82) is 0 Å². The molecular formula is C17H28N2. The van der Waals surface area contributed by atoms with Gasteiger partial charge in [-0.25, -0.2) is 0 Å². The fraction of sp³-hybridized carbons (Fsp3) is 0.647. The summed E-state index contributed by atoms with van der Waals surface area (Å²) in [6.45, 7) is 13.7. The van der Waals surface area contributed by atoms with Gasteiger partial charge in [0.25, 0.3) is 0 Å². The summed E-state index contributed by atoms with van der Waals surface area (Å²) >= 11 is 0. The maximum atomic E-state index is 3.46. The standard InChI is InChI=1S/C17H28N2/c1-5-14(3)17(19-10-8-18-9-11-19)16-7-6-13(2)12-15(16)4/h6-7,12,14,17-18H,5,8-11H2,1-4H3/t14?,17-/m1/s1. The molecule has 0 radical (unpaired) electrons. The van der Waals surface area contributed by atoms with Gasteiger partial charge in [0.15, 0.2) is 0 Å². The van der Waals surface area contributed by atoms with Crippen molar-refractivity contribution in [2.24, 2.45) is 5.92 Å². The molecule has 0 saturated carbocycles. The molecule has 2 nitrogen and oxygen atoms in total. The van der Waals surface area contributed by atoms with Crippen molar-refractivity contribution in [3.63, 3.8) is 0 Å². The smallest absolute Gasteiger partial charge is 0.0377 e. The Morgan fingerprint density at radius 2 is 1.89 bits per heavy atom. The minimum Gasteiger partial charge on any atom is -0.314 e. The fourth-order valence-electron chi connectivity index (χ4n) is 3.20. The van der Waals surface area contributed by atoms with Crippen LogP contribution < -0.4 is 5.32 Å². The number of nitrogens with one attached hydrogen (secondary N) is 1. The molecule has 0 spiro atoms. The highest BCUT2D eigenvalue weighted by atomic mass is 15.2. The number of benzene rings is 1. The lowest BCUT2D eigenvalue weighted by atomic mass is 9.87. The SMILES string of the molecule is CCC(C)[C@H](c1ccc(C)cc1C)N1CCNCC1. The molecule has 1 saturated heterocycles. The van der Waals surface area contributed by atoms with E-state index in [1.807, 2.05) is 0 Å². The average molecular weight is 260 g/mol. The third kappa shape index (κ3) is 3.37. The summed E-state index contributed by atoms with van der Waals surface area (Å²) in [4.78, 5) is 2.67. The normalized spacial score (nSPS) is 20.2. The average Bonchev–Trinajstić information content (AvgIpc) is 2.42. The lowest BCUT2D eigenvalue weighted by Gasteiger charge is -2.39. The zero-order valence-electron chi connectivity index (χ0n) is 12.9. The Morgan fingerprint density at radius 1 is 1.21 bits per heavy atom. The van der Waals surface area contributed by atoms with Crippen LogP contribution in [-0.4, -0.2) is 31.1 Å². The summed E-state index contributed by atoms with van der Waals surface area (Å²) < 4.78 is 0. The van der Waals surface area contributed by atoms with Crippen LogP contribution in [-0.2, 0) is 0 Å². The first kappa shape index (κ1) is 14.5. The van der Waals surface area contributed by atoms with Gasteiger partial charge < -0.3 is 5.32 Å². The van der Waals surface area contributed by atoms with E-state index in [9.17, 15) is 0 Å². The third-order valence-electron chi connectivity index (χ3n) is 4.47. The van der Waals surface area contributed by atoms with Crippen LogP contribution in [0, 0.1) is 19.8 Å². The molecule has 1 heterocycles. The number of hydrogen-bond donors (Lipinski definition) is 1. The highest BCUT2D eigenvalue weighted by Gasteiger charge is 2.27. The van der Waals surface area contributed by atoms with Crippen LogP contribution in [0.3, 0.4) is 0 Å². The second kappa shape index (κ2) is 6.53. The van der Waals surface area contributed by atoms with Crippen molar-refractivity contribution >= 4 is 0 Å². The van der Waals surface area contributed by atoms with E-state index >= 15 is 0 Å². The van der Waals surface area contributed by atoms with Crippen LogP contribution in [0.5, 0.6) is 0 Å². The maximum absolute atomic E-state index is 3.46. The zero-order chi connectivity index (χ0) is 13.8. The Labute approximate surface area is 118 Å². The van der Waals surface area contributed by atoms with Gasteiger partial charge in [0.1, 0.15) is 0 Å². The van der Waals surface area contributed by atoms with E-state index in [4.69, 9.17) is 0 Å². The molecule has 2 heteroatoms. The van der Waals surface area contributed by atoms with Crippen LogP contribution in [0.15, 0.2) is 18.2 Å². The summed E-state index contributed by atoms with van der Waals surface area (Å²) in [5, 5.41) is 3.46. The van der Waals surface area contributed by atoms with E-state index in [0.717, 1.165) is 13.1 Å². The Kier molecular flexibility index (Phi) is 5.00. The van der Waals surface area contributed by atoms with Crippen LogP contribution >= 0.6 is 0 Å². The molecule has 1 unspecified atom stereocenters. The summed E-state index contributed by atoms with van der Waals surface area (Å²) in [6, 6.07) is 7.52. The summed E-state index contributed by atoms with van der Waals surface area (Å²) in [6.07, 6.45) is 1.24. The molecule has 19 heavy (non-hydrogen) atoms. The molecule has 106 valence electrons. The van der Waals surface area contributed by atoms with Crippen LogP contribution in [0.4, 0.5) is 0 Å². The van der Waals surface area contributed by atoms with Crippen molar-refractivity contribution in [1.82, 2.24) is 10.2 Å². The second-order valence-corrected chi connectivity index (χ2v) is 5.98. The molecule has 1 aromatic carbocycles. The first-order chi connectivity index (χ1) is 9.13. The summed E-state index contributed by atoms with van der Waals surface area (Å²) in [5.74, 6) is 0.708. The van der Waals surface area contributed by atoms with Crippen molar-refractivity contribution in [2.45, 2.75) is 40.2 Å². The number of aryl methyl sites for hydroxylation is 2. The Morgan fingerprint density at radius 3 is 2.47 bits per heavy atom. The molecule has 0 amide bonds. The van der Waals surface area contributed by atoms with Crippen molar-refractivity contribution in [3.05, 3.63) is 34.9 Å². The molecule has 2 rings (SSSR count). The zero-order valence-corrected chi connectivity index (χ0v) is 12.9. The minimum atomic E-state index is 0.577. The monoisotopic (exact) mass is 260 g/mol. The van der Waals surface area contributed by atoms with E-state index in [-0.39, 0.29) is 0 Å². The highest BCUT2D eigenvalue weighted by molar-refractivity contribution is 5.33. The molecular weight excluding hydrogens is 232 g/mol. The number of piperazine rings is 1. The number of nitrogens with zero attached hydrogens (tertiary/aromatic N) is 1. The quantitative estimate of drug-likeness (QED) is 0.893. The molecule has 0 bridgehead atoms. The maximum Gasteiger partial charge on any atom is 0.0377 e. The second-order valence-electron chi connectivity index (χ2n) is 5.98. The first-order valence-corrected chi connectivity index (χ1v) is 7.65. The molecule has 1 aliphatic rings. The van der Waals surface area contributed by atoms with E-state index in [1.165, 1.54) is 36.2 Å². The Hall–Kier alpha value is -0.860. The van der Waals surface area contributed by atoms with E-state index in [0.29, 0.717) is 12.0 Å². The molecule has 0 aliphatic carbocycles. The van der Waals surface area contributed by atoms with Crippen LogP contribution in [0.25, 0.3) is 0 Å². The van der Waals surface area contributed by atoms with E-state index < -0.39 is 0 Å². The highest BCUT2D eigenvalue weighted by Crippen LogP contribution is 2.33. The van der Waals surface area contributed by atoms with Gasteiger partial charge in [0, 0.05) is 32.2 Å². The largest absolute Gasteiger partial charge is 0.314 e. The lowest BCUT2D eigenvalue weighted by molar-refractivity contribution is 0.128. The topological polar surface area (TPSA) is 15.3 Å². The van der Waals surface area contributed by atoms with E-state index in [1.54, 1.807) is 0 Å². The van der Waals surface area contributed by atoms with Gasteiger partial charge >= 0.3 is 0 Å². The lowest BCUT2D eigenvalue weighted by Crippen LogP contribution is -2.46. The van der Waals surface area contributed by atoms with Gasteiger partial charge in [-0.05, 0) is 30.9 Å². The predicted octanol–water partition coefficient (Wildman–Crippen LogP) is 3.30. The Bertz CT molecular complexity index is 408. The molecule has 1 aromatic rings. The molecule has 1 aliphatic heterocycles.